The Balaban J connectivity index is 2.24. The minimum Gasteiger partial charge on any atom is -0.309 e. The van der Waals surface area contributed by atoms with E-state index in [9.17, 15) is 4.79 Å². The molecular formula is C14H12BrNO. The lowest BCUT2D eigenvalue weighted by Crippen LogP contribution is -2.20. The van der Waals surface area contributed by atoms with Crippen LogP contribution in [0.4, 0.5) is 5.69 Å². The third-order valence-corrected chi connectivity index (χ3v) is 3.16. The first-order valence-corrected chi connectivity index (χ1v) is 6.11. The Labute approximate surface area is 109 Å². The van der Waals surface area contributed by atoms with Crippen molar-refractivity contribution in [3.8, 4) is 0 Å². The maximum absolute atomic E-state index is 11.2. The Hall–Kier alpha value is -1.61. The SMILES string of the molecule is O=CN(Cc1ccccc1)c1ccccc1Br. The van der Waals surface area contributed by atoms with Gasteiger partial charge in [-0.2, -0.15) is 0 Å². The molecule has 2 aromatic carbocycles. The van der Waals surface area contributed by atoms with Crippen molar-refractivity contribution in [3.05, 3.63) is 64.6 Å². The lowest BCUT2D eigenvalue weighted by atomic mass is 10.2. The summed E-state index contributed by atoms with van der Waals surface area (Å²) in [6.45, 7) is 0.576. The first-order valence-electron chi connectivity index (χ1n) is 5.31. The normalized spacial score (nSPS) is 9.94. The predicted octanol–water partition coefficient (Wildman–Crippen LogP) is 3.61. The van der Waals surface area contributed by atoms with Crippen LogP contribution in [0.2, 0.25) is 0 Å². The fraction of sp³-hybridized carbons (Fsp3) is 0.0714. The average molecular weight is 290 g/mol. The van der Waals surface area contributed by atoms with Gasteiger partial charge in [-0.1, -0.05) is 42.5 Å². The number of hydrogen-bond donors (Lipinski definition) is 0. The van der Waals surface area contributed by atoms with Gasteiger partial charge in [0, 0.05) is 4.47 Å². The summed E-state index contributed by atoms with van der Waals surface area (Å²) in [5.74, 6) is 0. The molecule has 0 aliphatic heterocycles. The number of carbonyl (C=O) groups excluding carboxylic acids is 1. The minimum absolute atomic E-state index is 0.576. The van der Waals surface area contributed by atoms with E-state index in [-0.39, 0.29) is 0 Å². The van der Waals surface area contributed by atoms with E-state index in [1.54, 1.807) is 4.90 Å². The van der Waals surface area contributed by atoms with Crippen LogP contribution in [0.25, 0.3) is 0 Å². The minimum atomic E-state index is 0.576. The summed E-state index contributed by atoms with van der Waals surface area (Å²) in [5.41, 5.74) is 1.99. The van der Waals surface area contributed by atoms with Crippen molar-refractivity contribution in [3.63, 3.8) is 0 Å². The number of halogens is 1. The molecule has 1 amide bonds. The third kappa shape index (κ3) is 2.94. The molecule has 0 aliphatic carbocycles. The highest BCUT2D eigenvalue weighted by Crippen LogP contribution is 2.25. The number of nitrogens with zero attached hydrogens (tertiary/aromatic N) is 1. The van der Waals surface area contributed by atoms with Crippen molar-refractivity contribution < 1.29 is 4.79 Å². The second-order valence-electron chi connectivity index (χ2n) is 3.67. The van der Waals surface area contributed by atoms with E-state index in [1.807, 2.05) is 54.6 Å². The number of anilines is 1. The summed E-state index contributed by atoms with van der Waals surface area (Å²) in [6, 6.07) is 17.6. The van der Waals surface area contributed by atoms with Gasteiger partial charge in [0.25, 0.3) is 0 Å². The van der Waals surface area contributed by atoms with Crippen LogP contribution in [-0.4, -0.2) is 6.41 Å². The largest absolute Gasteiger partial charge is 0.309 e. The predicted molar refractivity (Wildman–Crippen MR) is 72.8 cm³/mol. The summed E-state index contributed by atoms with van der Waals surface area (Å²) >= 11 is 3.45. The Bertz CT molecular complexity index is 499. The van der Waals surface area contributed by atoms with E-state index in [0.29, 0.717) is 6.54 Å². The highest BCUT2D eigenvalue weighted by molar-refractivity contribution is 9.10. The van der Waals surface area contributed by atoms with Gasteiger partial charge in [-0.3, -0.25) is 4.79 Å². The van der Waals surface area contributed by atoms with Crippen LogP contribution in [0, 0.1) is 0 Å². The van der Waals surface area contributed by atoms with Gasteiger partial charge in [-0.05, 0) is 33.6 Å². The van der Waals surface area contributed by atoms with Crippen molar-refractivity contribution in [2.45, 2.75) is 6.54 Å². The molecule has 17 heavy (non-hydrogen) atoms. The lowest BCUT2D eigenvalue weighted by Gasteiger charge is -2.18. The van der Waals surface area contributed by atoms with Crippen LogP contribution in [0.1, 0.15) is 5.56 Å². The lowest BCUT2D eigenvalue weighted by molar-refractivity contribution is -0.107. The zero-order chi connectivity index (χ0) is 12.1. The number of amides is 1. The second kappa shape index (κ2) is 5.64. The molecule has 86 valence electrons. The quantitative estimate of drug-likeness (QED) is 0.788. The second-order valence-corrected chi connectivity index (χ2v) is 4.52. The summed E-state index contributed by atoms with van der Waals surface area (Å²) in [7, 11) is 0. The van der Waals surface area contributed by atoms with Crippen molar-refractivity contribution in [2.24, 2.45) is 0 Å². The summed E-state index contributed by atoms with van der Waals surface area (Å²) in [5, 5.41) is 0. The number of hydrogen-bond acceptors (Lipinski definition) is 1. The monoisotopic (exact) mass is 289 g/mol. The molecular weight excluding hydrogens is 278 g/mol. The van der Waals surface area contributed by atoms with Gasteiger partial charge in [0.2, 0.25) is 6.41 Å². The third-order valence-electron chi connectivity index (χ3n) is 2.48. The molecule has 0 aromatic heterocycles. The van der Waals surface area contributed by atoms with Gasteiger partial charge >= 0.3 is 0 Å². The summed E-state index contributed by atoms with van der Waals surface area (Å²) in [4.78, 5) is 12.8. The van der Waals surface area contributed by atoms with Crippen LogP contribution in [0.3, 0.4) is 0 Å². The van der Waals surface area contributed by atoms with E-state index >= 15 is 0 Å². The maximum atomic E-state index is 11.2. The van der Waals surface area contributed by atoms with Crippen LogP contribution < -0.4 is 4.90 Å². The van der Waals surface area contributed by atoms with Crippen LogP contribution >= 0.6 is 15.9 Å². The van der Waals surface area contributed by atoms with Crippen LogP contribution in [0.5, 0.6) is 0 Å². The van der Waals surface area contributed by atoms with Crippen molar-refractivity contribution >= 4 is 28.0 Å². The molecule has 2 rings (SSSR count). The van der Waals surface area contributed by atoms with E-state index < -0.39 is 0 Å². The van der Waals surface area contributed by atoms with Gasteiger partial charge in [0.05, 0.1) is 12.2 Å². The van der Waals surface area contributed by atoms with Gasteiger partial charge in [0.1, 0.15) is 0 Å². The molecule has 0 radical (unpaired) electrons. The molecule has 0 saturated carbocycles. The Morgan fingerprint density at radius 2 is 1.65 bits per heavy atom. The molecule has 0 N–H and O–H groups in total. The van der Waals surface area contributed by atoms with Crippen LogP contribution in [0.15, 0.2) is 59.1 Å². The molecule has 2 aromatic rings. The molecule has 3 heteroatoms. The van der Waals surface area contributed by atoms with E-state index in [2.05, 4.69) is 15.9 Å². The van der Waals surface area contributed by atoms with Gasteiger partial charge in [-0.15, -0.1) is 0 Å². The van der Waals surface area contributed by atoms with E-state index in [0.717, 1.165) is 22.1 Å². The first-order chi connectivity index (χ1) is 8.31. The number of benzene rings is 2. The highest BCUT2D eigenvalue weighted by Gasteiger charge is 2.08. The van der Waals surface area contributed by atoms with E-state index in [1.165, 1.54) is 0 Å². The molecule has 0 bridgehead atoms. The summed E-state index contributed by atoms with van der Waals surface area (Å²) in [6.07, 6.45) is 0.854. The number of carbonyl (C=O) groups is 1. The molecule has 0 unspecified atom stereocenters. The fourth-order valence-electron chi connectivity index (χ4n) is 1.64. The average Bonchev–Trinajstić information content (AvgIpc) is 2.38. The summed E-state index contributed by atoms with van der Waals surface area (Å²) < 4.78 is 0.919. The Morgan fingerprint density at radius 3 is 2.29 bits per heavy atom. The standard InChI is InChI=1S/C14H12BrNO/c15-13-8-4-5-9-14(13)16(11-17)10-12-6-2-1-3-7-12/h1-9,11H,10H2. The fourth-order valence-corrected chi connectivity index (χ4v) is 2.16. The molecule has 0 fully saturated rings. The van der Waals surface area contributed by atoms with E-state index in [4.69, 9.17) is 0 Å². The van der Waals surface area contributed by atoms with Crippen molar-refractivity contribution in [2.75, 3.05) is 4.90 Å². The number of rotatable bonds is 4. The molecule has 2 nitrogen and oxygen atoms in total. The van der Waals surface area contributed by atoms with Gasteiger partial charge in [-0.25, -0.2) is 0 Å². The Kier molecular flexibility index (Phi) is 3.94. The number of para-hydroxylation sites is 1. The molecule has 0 saturated heterocycles. The molecule has 0 spiro atoms. The molecule has 0 aliphatic rings. The zero-order valence-corrected chi connectivity index (χ0v) is 10.8. The van der Waals surface area contributed by atoms with Crippen molar-refractivity contribution in [1.82, 2.24) is 0 Å². The smallest absolute Gasteiger partial charge is 0.214 e. The topological polar surface area (TPSA) is 20.3 Å². The highest BCUT2D eigenvalue weighted by atomic mass is 79.9. The van der Waals surface area contributed by atoms with Crippen LogP contribution in [-0.2, 0) is 11.3 Å². The first kappa shape index (κ1) is 11.9. The zero-order valence-electron chi connectivity index (χ0n) is 9.21. The Morgan fingerprint density at radius 1 is 1.00 bits per heavy atom. The van der Waals surface area contributed by atoms with Gasteiger partial charge in [0.15, 0.2) is 0 Å². The van der Waals surface area contributed by atoms with Gasteiger partial charge < -0.3 is 4.90 Å². The maximum Gasteiger partial charge on any atom is 0.214 e. The van der Waals surface area contributed by atoms with Crippen molar-refractivity contribution in [1.29, 1.82) is 0 Å². The molecule has 0 heterocycles. The molecule has 0 atom stereocenters.